The number of hydrogen-bond donors (Lipinski definition) is 1. The van der Waals surface area contributed by atoms with E-state index >= 15 is 0 Å². The van der Waals surface area contributed by atoms with Crippen LogP contribution in [0.1, 0.15) is 18.4 Å². The lowest BCUT2D eigenvalue weighted by molar-refractivity contribution is -0.384. The SMILES string of the molecule is Cc1cc(OCC2CCN(C=NN)CC2)cc(OS(=O)(=O)c2cccc([N+](=O)[O-])c2Cl)c1.Cl. The van der Waals surface area contributed by atoms with Crippen molar-refractivity contribution in [1.82, 2.24) is 4.90 Å². The minimum atomic E-state index is -4.40. The van der Waals surface area contributed by atoms with Crippen molar-refractivity contribution in [3.05, 3.63) is 57.1 Å². The maximum Gasteiger partial charge on any atom is 0.340 e. The molecule has 0 bridgehead atoms. The van der Waals surface area contributed by atoms with Gasteiger partial charge in [0.05, 0.1) is 11.5 Å². The molecule has 2 aromatic rings. The number of nitro benzene ring substituents is 1. The number of halogens is 2. The molecule has 1 fully saturated rings. The van der Waals surface area contributed by atoms with Crippen LogP contribution in [0.3, 0.4) is 0 Å². The van der Waals surface area contributed by atoms with Gasteiger partial charge in [0.2, 0.25) is 0 Å². The number of piperidine rings is 1. The van der Waals surface area contributed by atoms with Gasteiger partial charge >= 0.3 is 10.1 Å². The molecule has 10 nitrogen and oxygen atoms in total. The molecule has 0 atom stereocenters. The van der Waals surface area contributed by atoms with E-state index in [-0.39, 0.29) is 18.2 Å². The van der Waals surface area contributed by atoms with E-state index in [1.165, 1.54) is 18.2 Å². The van der Waals surface area contributed by atoms with Crippen LogP contribution < -0.4 is 14.8 Å². The average Bonchev–Trinajstić information content (AvgIpc) is 2.72. The van der Waals surface area contributed by atoms with E-state index in [0.717, 1.165) is 43.6 Å². The first kappa shape index (κ1) is 26.5. The Hall–Kier alpha value is -2.76. The van der Waals surface area contributed by atoms with Gasteiger partial charge in [0.15, 0.2) is 0 Å². The Morgan fingerprint density at radius 1 is 1.27 bits per heavy atom. The first-order chi connectivity index (χ1) is 15.2. The zero-order valence-electron chi connectivity index (χ0n) is 17.7. The molecule has 180 valence electrons. The van der Waals surface area contributed by atoms with E-state index in [1.807, 2.05) is 4.90 Å². The van der Waals surface area contributed by atoms with Gasteiger partial charge < -0.3 is 19.7 Å². The van der Waals surface area contributed by atoms with Gasteiger partial charge in [-0.15, -0.1) is 12.4 Å². The fourth-order valence-electron chi connectivity index (χ4n) is 3.39. The van der Waals surface area contributed by atoms with Crippen molar-refractivity contribution >= 4 is 46.2 Å². The summed E-state index contributed by atoms with van der Waals surface area (Å²) in [6.45, 7) is 3.91. The first-order valence-electron chi connectivity index (χ1n) is 9.79. The fraction of sp³-hybridized carbons (Fsp3) is 0.350. The predicted molar refractivity (Wildman–Crippen MR) is 127 cm³/mol. The molecule has 3 rings (SSSR count). The number of aryl methyl sites for hydroxylation is 1. The molecule has 1 aliphatic heterocycles. The monoisotopic (exact) mass is 518 g/mol. The van der Waals surface area contributed by atoms with Crippen molar-refractivity contribution in [2.45, 2.75) is 24.7 Å². The number of ether oxygens (including phenoxy) is 1. The van der Waals surface area contributed by atoms with Crippen LogP contribution in [-0.2, 0) is 10.1 Å². The molecule has 0 aliphatic carbocycles. The van der Waals surface area contributed by atoms with E-state index < -0.39 is 30.6 Å². The molecule has 0 saturated carbocycles. The van der Waals surface area contributed by atoms with Crippen LogP contribution >= 0.6 is 24.0 Å². The number of nitro groups is 1. The highest BCUT2D eigenvalue weighted by Crippen LogP contribution is 2.33. The van der Waals surface area contributed by atoms with Crippen molar-refractivity contribution in [2.24, 2.45) is 16.9 Å². The minimum absolute atomic E-state index is 0. The van der Waals surface area contributed by atoms with E-state index in [2.05, 4.69) is 5.10 Å². The highest BCUT2D eigenvalue weighted by atomic mass is 35.5. The Bertz CT molecular complexity index is 1120. The van der Waals surface area contributed by atoms with E-state index in [9.17, 15) is 18.5 Å². The molecule has 0 aromatic heterocycles. The van der Waals surface area contributed by atoms with E-state index in [1.54, 1.807) is 19.3 Å². The number of rotatable bonds is 8. The molecule has 2 aromatic carbocycles. The second-order valence-electron chi connectivity index (χ2n) is 7.42. The van der Waals surface area contributed by atoms with Crippen molar-refractivity contribution < 1.29 is 22.3 Å². The molecule has 33 heavy (non-hydrogen) atoms. The molecule has 0 unspecified atom stereocenters. The standard InChI is InChI=1S/C20H23ClN4O6S.ClH/c1-14-9-16(30-12-15-5-7-24(8-6-15)13-23-22)11-17(10-14)31-32(28,29)19-4-2-3-18(20(19)21)25(26)27;/h2-4,9-11,13,15H,5-8,12,22H2,1H3;1H. The number of nitrogens with zero attached hydrogens (tertiary/aromatic N) is 3. The first-order valence-corrected chi connectivity index (χ1v) is 11.6. The topological polar surface area (TPSA) is 137 Å². The van der Waals surface area contributed by atoms with Gasteiger partial charge in [-0.3, -0.25) is 10.1 Å². The van der Waals surface area contributed by atoms with Crippen molar-refractivity contribution in [2.75, 3.05) is 19.7 Å². The van der Waals surface area contributed by atoms with Gasteiger partial charge in [0, 0.05) is 25.2 Å². The molecule has 1 saturated heterocycles. The Morgan fingerprint density at radius 3 is 2.58 bits per heavy atom. The second-order valence-corrected chi connectivity index (χ2v) is 9.31. The Balaban J connectivity index is 0.00000385. The second kappa shape index (κ2) is 11.4. The molecule has 0 radical (unpaired) electrons. The number of hydrogen-bond acceptors (Lipinski definition) is 8. The van der Waals surface area contributed by atoms with Gasteiger partial charge in [0.1, 0.15) is 27.8 Å². The minimum Gasteiger partial charge on any atom is -0.493 e. The van der Waals surface area contributed by atoms with Gasteiger partial charge in [-0.05, 0) is 49.4 Å². The summed E-state index contributed by atoms with van der Waals surface area (Å²) in [6, 6.07) is 8.27. The fourth-order valence-corrected chi connectivity index (χ4v) is 4.88. The van der Waals surface area contributed by atoms with Crippen LogP contribution in [0.25, 0.3) is 0 Å². The summed E-state index contributed by atoms with van der Waals surface area (Å²) in [5.41, 5.74) is 0.209. The number of hydrazone groups is 1. The Morgan fingerprint density at radius 2 is 1.94 bits per heavy atom. The van der Waals surface area contributed by atoms with Crippen molar-refractivity contribution in [1.29, 1.82) is 0 Å². The van der Waals surface area contributed by atoms with Crippen LogP contribution in [-0.4, -0.2) is 44.3 Å². The zero-order valence-corrected chi connectivity index (χ0v) is 20.1. The molecular formula is C20H24Cl2N4O6S. The third kappa shape index (κ3) is 6.86. The maximum absolute atomic E-state index is 12.7. The third-order valence-corrected chi connectivity index (χ3v) is 6.80. The van der Waals surface area contributed by atoms with E-state index in [0.29, 0.717) is 18.3 Å². The smallest absolute Gasteiger partial charge is 0.340 e. The quantitative estimate of drug-likeness (QED) is 0.139. The molecule has 1 aliphatic rings. The summed E-state index contributed by atoms with van der Waals surface area (Å²) in [5, 5.41) is 14.1. The summed E-state index contributed by atoms with van der Waals surface area (Å²) >= 11 is 5.94. The van der Waals surface area contributed by atoms with Gasteiger partial charge in [-0.2, -0.15) is 13.5 Å². The summed E-state index contributed by atoms with van der Waals surface area (Å²) < 4.78 is 36.5. The maximum atomic E-state index is 12.7. The molecular weight excluding hydrogens is 495 g/mol. The molecule has 0 amide bonds. The molecule has 2 N–H and O–H groups in total. The lowest BCUT2D eigenvalue weighted by Crippen LogP contribution is -2.34. The number of likely N-dealkylation sites (tertiary alicyclic amines) is 1. The van der Waals surface area contributed by atoms with Gasteiger partial charge in [-0.1, -0.05) is 17.7 Å². The Labute approximate surface area is 203 Å². The van der Waals surface area contributed by atoms with E-state index in [4.69, 9.17) is 26.4 Å². The summed E-state index contributed by atoms with van der Waals surface area (Å²) in [4.78, 5) is 11.9. The van der Waals surface area contributed by atoms with Crippen LogP contribution in [0.15, 0.2) is 46.4 Å². The summed E-state index contributed by atoms with van der Waals surface area (Å²) in [7, 11) is -4.40. The van der Waals surface area contributed by atoms with Gasteiger partial charge in [-0.25, -0.2) is 0 Å². The number of nitrogens with two attached hydrogens (primary N) is 1. The highest BCUT2D eigenvalue weighted by molar-refractivity contribution is 7.87. The Kier molecular flexibility index (Phi) is 9.15. The van der Waals surface area contributed by atoms with Gasteiger partial charge in [0.25, 0.3) is 5.69 Å². The lowest BCUT2D eigenvalue weighted by Gasteiger charge is -2.30. The van der Waals surface area contributed by atoms with Crippen LogP contribution in [0.5, 0.6) is 11.5 Å². The normalized spacial score (nSPS) is 14.7. The molecule has 1 heterocycles. The largest absolute Gasteiger partial charge is 0.493 e. The average molecular weight is 519 g/mol. The highest BCUT2D eigenvalue weighted by Gasteiger charge is 2.27. The van der Waals surface area contributed by atoms with Crippen LogP contribution in [0.2, 0.25) is 5.02 Å². The number of benzene rings is 2. The van der Waals surface area contributed by atoms with Crippen LogP contribution in [0.4, 0.5) is 5.69 Å². The molecule has 0 spiro atoms. The predicted octanol–water partition coefficient (Wildman–Crippen LogP) is 3.74. The van der Waals surface area contributed by atoms with Crippen LogP contribution in [0, 0.1) is 23.0 Å². The summed E-state index contributed by atoms with van der Waals surface area (Å²) in [6.07, 6.45) is 3.46. The molecule has 13 heteroatoms. The lowest BCUT2D eigenvalue weighted by atomic mass is 9.98. The zero-order chi connectivity index (χ0) is 23.3. The third-order valence-electron chi connectivity index (χ3n) is 5.00. The summed E-state index contributed by atoms with van der Waals surface area (Å²) in [5.74, 6) is 6.01. The van der Waals surface area contributed by atoms with Crippen molar-refractivity contribution in [3.8, 4) is 11.5 Å². The van der Waals surface area contributed by atoms with Crippen molar-refractivity contribution in [3.63, 3.8) is 0 Å².